The molecule has 6 rings (SSSR count). The normalized spacial score (nSPS) is 12.2. The molecule has 0 fully saturated rings. The van der Waals surface area contributed by atoms with Gasteiger partial charge in [-0.15, -0.1) is 0 Å². The third kappa shape index (κ3) is 1.41. The summed E-state index contributed by atoms with van der Waals surface area (Å²) < 4.78 is 0. The molecule has 0 aliphatic carbocycles. The van der Waals surface area contributed by atoms with Gasteiger partial charge in [0.2, 0.25) is 0 Å². The van der Waals surface area contributed by atoms with Crippen LogP contribution in [0, 0.1) is 0 Å². The lowest BCUT2D eigenvalue weighted by Crippen LogP contribution is -1.92. The first-order valence-electron chi connectivity index (χ1n) is 8.12. The summed E-state index contributed by atoms with van der Waals surface area (Å²) in [4.78, 5) is 9.99. The Morgan fingerprint density at radius 1 is 0.458 bits per heavy atom. The van der Waals surface area contributed by atoms with E-state index < -0.39 is 0 Å². The summed E-state index contributed by atoms with van der Waals surface area (Å²) in [5.41, 5.74) is 4.05. The predicted octanol–water partition coefficient (Wildman–Crippen LogP) is 5.68. The fourth-order valence-electron chi connectivity index (χ4n) is 3.95. The molecule has 0 N–H and O–H groups in total. The molecule has 24 heavy (non-hydrogen) atoms. The standard InChI is InChI=1S/C22H12N2/c1-5-13-7-3-11-17-19(13)15(9-1)21-22(24-17)16-10-2-6-14-8-4-12-18(23-21)20(14)16/h1-12H. The third-order valence-corrected chi connectivity index (χ3v) is 4.96. The molecule has 2 aromatic heterocycles. The maximum atomic E-state index is 5.00. The van der Waals surface area contributed by atoms with Gasteiger partial charge in [-0.05, 0) is 22.9 Å². The molecule has 4 aromatic carbocycles. The van der Waals surface area contributed by atoms with E-state index in [1.165, 1.54) is 32.3 Å². The molecular formula is C22H12N2. The van der Waals surface area contributed by atoms with Crippen molar-refractivity contribution in [2.75, 3.05) is 0 Å². The SMILES string of the molecule is c1cc2cccc3c4nc5cccc6cccc(c4nc(c1)c23)c65. The molecule has 0 radical (unpaired) electrons. The van der Waals surface area contributed by atoms with E-state index >= 15 is 0 Å². The van der Waals surface area contributed by atoms with E-state index in [2.05, 4.69) is 72.8 Å². The fraction of sp³-hybridized carbons (Fsp3) is 0. The van der Waals surface area contributed by atoms with Crippen molar-refractivity contribution in [2.45, 2.75) is 0 Å². The second-order valence-electron chi connectivity index (χ2n) is 6.28. The highest BCUT2D eigenvalue weighted by molar-refractivity contribution is 6.25. The molecule has 0 saturated carbocycles. The fourth-order valence-corrected chi connectivity index (χ4v) is 3.95. The molecule has 2 heteroatoms. The topological polar surface area (TPSA) is 25.8 Å². The molecule has 0 unspecified atom stereocenters. The number of hydrogen-bond donors (Lipinski definition) is 0. The molecule has 6 aromatic rings. The Labute approximate surface area is 137 Å². The number of benzene rings is 4. The Bertz CT molecular complexity index is 1280. The number of nitrogens with zero attached hydrogens (tertiary/aromatic N) is 2. The smallest absolute Gasteiger partial charge is 0.0979 e. The van der Waals surface area contributed by atoms with Crippen molar-refractivity contribution in [3.63, 3.8) is 0 Å². The van der Waals surface area contributed by atoms with Crippen LogP contribution in [0.25, 0.3) is 54.4 Å². The van der Waals surface area contributed by atoms with Gasteiger partial charge in [-0.1, -0.05) is 60.7 Å². The van der Waals surface area contributed by atoms with Crippen molar-refractivity contribution in [1.29, 1.82) is 0 Å². The number of aromatic nitrogens is 2. The molecule has 0 amide bonds. The quantitative estimate of drug-likeness (QED) is 0.266. The highest BCUT2D eigenvalue weighted by atomic mass is 14.8. The summed E-state index contributed by atoms with van der Waals surface area (Å²) in [5.74, 6) is 0. The minimum Gasteiger partial charge on any atom is -0.245 e. The maximum absolute atomic E-state index is 5.00. The first-order valence-corrected chi connectivity index (χ1v) is 8.12. The van der Waals surface area contributed by atoms with Crippen LogP contribution in [-0.4, -0.2) is 9.97 Å². The summed E-state index contributed by atoms with van der Waals surface area (Å²) in [6.45, 7) is 0. The van der Waals surface area contributed by atoms with Crippen molar-refractivity contribution in [1.82, 2.24) is 9.97 Å². The van der Waals surface area contributed by atoms with Crippen molar-refractivity contribution >= 4 is 54.4 Å². The zero-order chi connectivity index (χ0) is 15.7. The highest BCUT2D eigenvalue weighted by Crippen LogP contribution is 2.36. The molecule has 0 bridgehead atoms. The molecular weight excluding hydrogens is 292 g/mol. The first-order chi connectivity index (χ1) is 11.9. The lowest BCUT2D eigenvalue weighted by Gasteiger charge is -2.12. The van der Waals surface area contributed by atoms with Gasteiger partial charge >= 0.3 is 0 Å². The van der Waals surface area contributed by atoms with E-state index in [0.717, 1.165) is 22.1 Å². The van der Waals surface area contributed by atoms with Crippen molar-refractivity contribution in [3.8, 4) is 0 Å². The van der Waals surface area contributed by atoms with Crippen LogP contribution < -0.4 is 0 Å². The van der Waals surface area contributed by atoms with E-state index in [-0.39, 0.29) is 0 Å². The molecule has 0 saturated heterocycles. The highest BCUT2D eigenvalue weighted by Gasteiger charge is 2.14. The summed E-state index contributed by atoms with van der Waals surface area (Å²) in [6.07, 6.45) is 0. The third-order valence-electron chi connectivity index (χ3n) is 4.96. The number of fused-ring (bicyclic) bond motifs is 3. The monoisotopic (exact) mass is 304 g/mol. The lowest BCUT2D eigenvalue weighted by molar-refractivity contribution is 1.46. The van der Waals surface area contributed by atoms with E-state index in [0.29, 0.717) is 0 Å². The summed E-state index contributed by atoms with van der Waals surface area (Å²) >= 11 is 0. The second kappa shape index (κ2) is 4.18. The van der Waals surface area contributed by atoms with Crippen molar-refractivity contribution in [3.05, 3.63) is 72.8 Å². The zero-order valence-electron chi connectivity index (χ0n) is 12.8. The van der Waals surface area contributed by atoms with Gasteiger partial charge < -0.3 is 0 Å². The van der Waals surface area contributed by atoms with E-state index in [4.69, 9.17) is 9.97 Å². The molecule has 2 heterocycles. The van der Waals surface area contributed by atoms with Gasteiger partial charge in [-0.2, -0.15) is 0 Å². The van der Waals surface area contributed by atoms with Gasteiger partial charge in [-0.3, -0.25) is 0 Å². The largest absolute Gasteiger partial charge is 0.245 e. The Balaban J connectivity index is 2.03. The maximum Gasteiger partial charge on any atom is 0.0979 e. The average Bonchev–Trinajstić information content (AvgIpc) is 2.64. The van der Waals surface area contributed by atoms with Crippen LogP contribution in [0.1, 0.15) is 0 Å². The summed E-state index contributed by atoms with van der Waals surface area (Å²) in [7, 11) is 0. The van der Waals surface area contributed by atoms with Crippen molar-refractivity contribution in [2.24, 2.45) is 0 Å². The average molecular weight is 304 g/mol. The zero-order valence-corrected chi connectivity index (χ0v) is 12.8. The van der Waals surface area contributed by atoms with Crippen LogP contribution in [0.15, 0.2) is 72.8 Å². The molecule has 0 spiro atoms. The summed E-state index contributed by atoms with van der Waals surface area (Å²) in [5, 5.41) is 7.20. The van der Waals surface area contributed by atoms with Crippen LogP contribution in [0.4, 0.5) is 0 Å². The van der Waals surface area contributed by atoms with E-state index in [1.54, 1.807) is 0 Å². The molecule has 0 atom stereocenters. The molecule has 110 valence electrons. The second-order valence-corrected chi connectivity index (χ2v) is 6.28. The molecule has 2 nitrogen and oxygen atoms in total. The molecule has 0 aliphatic rings. The van der Waals surface area contributed by atoms with E-state index in [9.17, 15) is 0 Å². The Morgan fingerprint density at radius 3 is 1.33 bits per heavy atom. The van der Waals surface area contributed by atoms with Gasteiger partial charge in [0.15, 0.2) is 0 Å². The Hall–Kier alpha value is -3.26. The number of rotatable bonds is 0. The van der Waals surface area contributed by atoms with Crippen LogP contribution in [0.3, 0.4) is 0 Å². The number of hydrogen-bond acceptors (Lipinski definition) is 2. The Kier molecular flexibility index (Phi) is 2.12. The number of pyridine rings is 2. The van der Waals surface area contributed by atoms with Crippen LogP contribution in [0.5, 0.6) is 0 Å². The lowest BCUT2D eigenvalue weighted by atomic mass is 9.99. The Morgan fingerprint density at radius 2 is 0.875 bits per heavy atom. The minimum absolute atomic E-state index is 0.991. The summed E-state index contributed by atoms with van der Waals surface area (Å²) in [6, 6.07) is 25.4. The predicted molar refractivity (Wildman–Crippen MR) is 101 cm³/mol. The van der Waals surface area contributed by atoms with Crippen LogP contribution >= 0.6 is 0 Å². The van der Waals surface area contributed by atoms with Gasteiger partial charge in [-0.25, -0.2) is 9.97 Å². The molecule has 0 aliphatic heterocycles. The minimum atomic E-state index is 0.991. The van der Waals surface area contributed by atoms with Crippen LogP contribution in [-0.2, 0) is 0 Å². The van der Waals surface area contributed by atoms with Gasteiger partial charge in [0, 0.05) is 21.5 Å². The van der Waals surface area contributed by atoms with Crippen molar-refractivity contribution < 1.29 is 0 Å². The van der Waals surface area contributed by atoms with Gasteiger partial charge in [0.25, 0.3) is 0 Å². The first kappa shape index (κ1) is 12.2. The van der Waals surface area contributed by atoms with E-state index in [1.807, 2.05) is 0 Å². The van der Waals surface area contributed by atoms with Crippen LogP contribution in [0.2, 0.25) is 0 Å². The van der Waals surface area contributed by atoms with Gasteiger partial charge in [0.1, 0.15) is 0 Å². The van der Waals surface area contributed by atoms with Gasteiger partial charge in [0.05, 0.1) is 22.1 Å².